The minimum Gasteiger partial charge on any atom is -0.382 e. The van der Waals surface area contributed by atoms with Crippen molar-refractivity contribution < 1.29 is 9.50 Å². The zero-order valence-electron chi connectivity index (χ0n) is 9.90. The van der Waals surface area contributed by atoms with Crippen LogP contribution in [0.2, 0.25) is 0 Å². The van der Waals surface area contributed by atoms with Crippen molar-refractivity contribution in [1.82, 2.24) is 4.98 Å². The zero-order valence-corrected chi connectivity index (χ0v) is 11.5. The third-order valence-electron chi connectivity index (χ3n) is 2.84. The van der Waals surface area contributed by atoms with Crippen LogP contribution < -0.4 is 0 Å². The van der Waals surface area contributed by atoms with E-state index < -0.39 is 11.9 Å². The van der Waals surface area contributed by atoms with Crippen molar-refractivity contribution >= 4 is 15.9 Å². The molecular formula is C14H13BrFNO. The topological polar surface area (TPSA) is 33.1 Å². The molecule has 2 aromatic rings. The second-order valence-corrected chi connectivity index (χ2v) is 4.80. The molecule has 18 heavy (non-hydrogen) atoms. The molecule has 4 heteroatoms. The maximum absolute atomic E-state index is 13.9. The van der Waals surface area contributed by atoms with Gasteiger partial charge < -0.3 is 5.11 Å². The lowest BCUT2D eigenvalue weighted by atomic mass is 10.0. The molecule has 0 radical (unpaired) electrons. The van der Waals surface area contributed by atoms with Gasteiger partial charge in [-0.3, -0.25) is 4.98 Å². The highest BCUT2D eigenvalue weighted by Crippen LogP contribution is 2.28. The lowest BCUT2D eigenvalue weighted by Gasteiger charge is -2.15. The SMILES string of the molecule is CCc1cccnc1C(O)c1cccc(Br)c1F. The molecule has 2 rings (SSSR count). The smallest absolute Gasteiger partial charge is 0.143 e. The van der Waals surface area contributed by atoms with E-state index in [1.165, 1.54) is 0 Å². The standard InChI is InChI=1S/C14H13BrFNO/c1-2-9-5-4-8-17-13(9)14(18)10-6-3-7-11(15)12(10)16/h3-8,14,18H,2H2,1H3. The van der Waals surface area contributed by atoms with E-state index >= 15 is 0 Å². The van der Waals surface area contributed by atoms with E-state index in [9.17, 15) is 9.50 Å². The molecule has 0 saturated heterocycles. The average Bonchev–Trinajstić information content (AvgIpc) is 2.41. The highest BCUT2D eigenvalue weighted by molar-refractivity contribution is 9.10. The van der Waals surface area contributed by atoms with Crippen molar-refractivity contribution in [3.05, 3.63) is 63.6 Å². The summed E-state index contributed by atoms with van der Waals surface area (Å²) in [6.45, 7) is 1.98. The van der Waals surface area contributed by atoms with Crippen LogP contribution in [0.4, 0.5) is 4.39 Å². The summed E-state index contributed by atoms with van der Waals surface area (Å²) < 4.78 is 14.3. The molecule has 1 aromatic heterocycles. The third-order valence-corrected chi connectivity index (χ3v) is 3.45. The van der Waals surface area contributed by atoms with Gasteiger partial charge in [-0.1, -0.05) is 25.1 Å². The number of benzene rings is 1. The van der Waals surface area contributed by atoms with Crippen LogP contribution >= 0.6 is 15.9 Å². The van der Waals surface area contributed by atoms with E-state index in [-0.39, 0.29) is 5.56 Å². The predicted octanol–water partition coefficient (Wildman–Crippen LogP) is 3.63. The summed E-state index contributed by atoms with van der Waals surface area (Å²) in [5.41, 5.74) is 1.67. The summed E-state index contributed by atoms with van der Waals surface area (Å²) in [6, 6.07) is 8.57. The number of aromatic nitrogens is 1. The van der Waals surface area contributed by atoms with Gasteiger partial charge >= 0.3 is 0 Å². The van der Waals surface area contributed by atoms with Gasteiger partial charge in [-0.2, -0.15) is 0 Å². The first-order chi connectivity index (χ1) is 8.65. The van der Waals surface area contributed by atoms with Gasteiger partial charge in [0.1, 0.15) is 11.9 Å². The van der Waals surface area contributed by atoms with Gasteiger partial charge in [0.25, 0.3) is 0 Å². The fourth-order valence-electron chi connectivity index (χ4n) is 1.87. The largest absolute Gasteiger partial charge is 0.382 e. The van der Waals surface area contributed by atoms with E-state index in [0.717, 1.165) is 12.0 Å². The van der Waals surface area contributed by atoms with Crippen molar-refractivity contribution in [1.29, 1.82) is 0 Å². The molecule has 0 bridgehead atoms. The Balaban J connectivity index is 2.48. The summed E-state index contributed by atoms with van der Waals surface area (Å²) in [4.78, 5) is 4.16. The minimum atomic E-state index is -1.04. The molecule has 1 atom stereocenters. The van der Waals surface area contributed by atoms with E-state index in [1.54, 1.807) is 24.4 Å². The first-order valence-corrected chi connectivity index (χ1v) is 6.50. The Morgan fingerprint density at radius 2 is 2.11 bits per heavy atom. The molecule has 94 valence electrons. The number of rotatable bonds is 3. The number of pyridine rings is 1. The number of hydrogen-bond donors (Lipinski definition) is 1. The van der Waals surface area contributed by atoms with Gasteiger partial charge in [0.15, 0.2) is 0 Å². The van der Waals surface area contributed by atoms with E-state index in [2.05, 4.69) is 20.9 Å². The van der Waals surface area contributed by atoms with Gasteiger partial charge in [0.05, 0.1) is 10.2 Å². The fraction of sp³-hybridized carbons (Fsp3) is 0.214. The Morgan fingerprint density at radius 3 is 2.83 bits per heavy atom. The van der Waals surface area contributed by atoms with E-state index in [4.69, 9.17) is 0 Å². The third kappa shape index (κ3) is 2.44. The summed E-state index contributed by atoms with van der Waals surface area (Å²) in [5.74, 6) is -0.447. The molecular weight excluding hydrogens is 297 g/mol. The Morgan fingerprint density at radius 1 is 1.33 bits per heavy atom. The molecule has 1 N–H and O–H groups in total. The van der Waals surface area contributed by atoms with Crippen LogP contribution in [0.3, 0.4) is 0 Å². The Kier molecular flexibility index (Phi) is 4.09. The summed E-state index contributed by atoms with van der Waals surface area (Å²) >= 11 is 3.12. The van der Waals surface area contributed by atoms with Crippen molar-refractivity contribution in [2.75, 3.05) is 0 Å². The normalized spacial score (nSPS) is 12.4. The highest BCUT2D eigenvalue weighted by atomic mass is 79.9. The molecule has 1 aromatic carbocycles. The fourth-order valence-corrected chi connectivity index (χ4v) is 2.26. The van der Waals surface area contributed by atoms with Crippen molar-refractivity contribution in [3.8, 4) is 0 Å². The van der Waals surface area contributed by atoms with Gasteiger partial charge in [0, 0.05) is 11.8 Å². The highest BCUT2D eigenvalue weighted by Gasteiger charge is 2.19. The number of aliphatic hydroxyl groups is 1. The van der Waals surface area contributed by atoms with Crippen LogP contribution in [0.5, 0.6) is 0 Å². The molecule has 0 fully saturated rings. The van der Waals surface area contributed by atoms with Crippen LogP contribution in [0.1, 0.15) is 29.8 Å². The maximum Gasteiger partial charge on any atom is 0.143 e. The predicted molar refractivity (Wildman–Crippen MR) is 71.8 cm³/mol. The van der Waals surface area contributed by atoms with Gasteiger partial charge in [-0.15, -0.1) is 0 Å². The Bertz CT molecular complexity index is 559. The minimum absolute atomic E-state index is 0.234. The van der Waals surface area contributed by atoms with Gasteiger partial charge in [0.2, 0.25) is 0 Å². The second-order valence-electron chi connectivity index (χ2n) is 3.95. The lowest BCUT2D eigenvalue weighted by Crippen LogP contribution is -2.08. The van der Waals surface area contributed by atoms with Crippen LogP contribution in [-0.4, -0.2) is 10.1 Å². The molecule has 0 aliphatic carbocycles. The van der Waals surface area contributed by atoms with Crippen molar-refractivity contribution in [2.24, 2.45) is 0 Å². The molecule has 0 aliphatic heterocycles. The zero-order chi connectivity index (χ0) is 13.1. The van der Waals surface area contributed by atoms with Crippen LogP contribution in [0, 0.1) is 5.82 Å². The van der Waals surface area contributed by atoms with E-state index in [1.807, 2.05) is 19.1 Å². The van der Waals surface area contributed by atoms with Crippen LogP contribution in [-0.2, 0) is 6.42 Å². The second kappa shape index (κ2) is 5.59. The number of halogens is 2. The number of hydrogen-bond acceptors (Lipinski definition) is 2. The molecule has 0 spiro atoms. The summed E-state index contributed by atoms with van der Waals surface area (Å²) in [7, 11) is 0. The van der Waals surface area contributed by atoms with Crippen LogP contribution in [0.15, 0.2) is 41.0 Å². The molecule has 0 saturated carbocycles. The average molecular weight is 310 g/mol. The van der Waals surface area contributed by atoms with E-state index in [0.29, 0.717) is 10.2 Å². The Hall–Kier alpha value is -1.26. The lowest BCUT2D eigenvalue weighted by molar-refractivity contribution is 0.208. The first-order valence-electron chi connectivity index (χ1n) is 5.71. The monoisotopic (exact) mass is 309 g/mol. The number of aryl methyl sites for hydroxylation is 1. The molecule has 2 nitrogen and oxygen atoms in total. The number of aliphatic hydroxyl groups excluding tert-OH is 1. The first kappa shape index (κ1) is 13.2. The quantitative estimate of drug-likeness (QED) is 0.939. The molecule has 1 heterocycles. The van der Waals surface area contributed by atoms with Gasteiger partial charge in [-0.05, 0) is 40.0 Å². The molecule has 0 aliphatic rings. The van der Waals surface area contributed by atoms with Crippen LogP contribution in [0.25, 0.3) is 0 Å². The molecule has 0 amide bonds. The molecule has 1 unspecified atom stereocenters. The van der Waals surface area contributed by atoms with Crippen molar-refractivity contribution in [3.63, 3.8) is 0 Å². The summed E-state index contributed by atoms with van der Waals surface area (Å²) in [6.07, 6.45) is 1.31. The van der Waals surface area contributed by atoms with Crippen molar-refractivity contribution in [2.45, 2.75) is 19.4 Å². The Labute approximate surface area is 114 Å². The maximum atomic E-state index is 13.9. The number of nitrogens with zero attached hydrogens (tertiary/aromatic N) is 1. The summed E-state index contributed by atoms with van der Waals surface area (Å²) in [5, 5.41) is 10.3. The van der Waals surface area contributed by atoms with Gasteiger partial charge in [-0.25, -0.2) is 4.39 Å².